The molecule has 0 bridgehead atoms. The Bertz CT molecular complexity index is 387. The van der Waals surface area contributed by atoms with Gasteiger partial charge < -0.3 is 24.4 Å². The maximum atomic E-state index is 12.4. The molecule has 8 heteroatoms. The number of methoxy groups -OCH3 is 1. The van der Waals surface area contributed by atoms with Crippen LogP contribution in [0.5, 0.6) is 0 Å². The highest BCUT2D eigenvalue weighted by Crippen LogP contribution is 2.19. The molecule has 1 fully saturated rings. The lowest BCUT2D eigenvalue weighted by molar-refractivity contribution is -0.144. The van der Waals surface area contributed by atoms with Crippen LogP contribution in [0.25, 0.3) is 0 Å². The van der Waals surface area contributed by atoms with Crippen molar-refractivity contribution in [2.45, 2.75) is 25.8 Å². The number of hydrogen-bond acceptors (Lipinski definition) is 5. The van der Waals surface area contributed by atoms with Crippen molar-refractivity contribution < 1.29 is 29.0 Å². The molecular formula is C13H22N2O6. The molecule has 1 N–H and O–H groups in total. The molecule has 1 atom stereocenters. The molecule has 0 aliphatic carbocycles. The highest BCUT2D eigenvalue weighted by atomic mass is 16.5. The average Bonchev–Trinajstić information content (AvgIpc) is 2.92. The summed E-state index contributed by atoms with van der Waals surface area (Å²) in [5.74, 6) is -1.54. The summed E-state index contributed by atoms with van der Waals surface area (Å²) in [5, 5.41) is 9.13. The number of nitrogens with zero attached hydrogens (tertiary/aromatic N) is 2. The first-order chi connectivity index (χ1) is 10.0. The SMILES string of the molecule is CCOC(=O)CN(CCOC)C(=O)N1CCC[C@@H]1C(=O)O. The monoisotopic (exact) mass is 302 g/mol. The number of ether oxygens (including phenoxy) is 2. The van der Waals surface area contributed by atoms with Gasteiger partial charge in [-0.05, 0) is 19.8 Å². The van der Waals surface area contributed by atoms with Crippen molar-refractivity contribution in [3.8, 4) is 0 Å². The third-order valence-electron chi connectivity index (χ3n) is 3.24. The van der Waals surface area contributed by atoms with Crippen molar-refractivity contribution in [2.24, 2.45) is 0 Å². The van der Waals surface area contributed by atoms with Gasteiger partial charge in [0, 0.05) is 20.2 Å². The smallest absolute Gasteiger partial charge is 0.326 e. The minimum absolute atomic E-state index is 0.205. The highest BCUT2D eigenvalue weighted by molar-refractivity contribution is 5.85. The molecular weight excluding hydrogens is 280 g/mol. The lowest BCUT2D eigenvalue weighted by atomic mass is 10.2. The number of likely N-dealkylation sites (tertiary alicyclic amines) is 1. The van der Waals surface area contributed by atoms with Gasteiger partial charge in [0.1, 0.15) is 12.6 Å². The van der Waals surface area contributed by atoms with Crippen LogP contribution >= 0.6 is 0 Å². The van der Waals surface area contributed by atoms with Crippen LogP contribution in [0.3, 0.4) is 0 Å². The van der Waals surface area contributed by atoms with Gasteiger partial charge in [0.25, 0.3) is 0 Å². The fourth-order valence-electron chi connectivity index (χ4n) is 2.24. The Labute approximate surface area is 123 Å². The molecule has 1 rings (SSSR count). The Morgan fingerprint density at radius 3 is 2.67 bits per heavy atom. The largest absolute Gasteiger partial charge is 0.480 e. The molecule has 0 aromatic carbocycles. The number of amides is 2. The van der Waals surface area contributed by atoms with E-state index in [0.717, 1.165) is 0 Å². The summed E-state index contributed by atoms with van der Waals surface area (Å²) in [5.41, 5.74) is 0. The average molecular weight is 302 g/mol. The summed E-state index contributed by atoms with van der Waals surface area (Å²) in [6.45, 7) is 2.54. The van der Waals surface area contributed by atoms with Crippen molar-refractivity contribution >= 4 is 18.0 Å². The third kappa shape index (κ3) is 4.89. The molecule has 0 aromatic heterocycles. The molecule has 0 saturated carbocycles. The number of carbonyl (C=O) groups excluding carboxylic acids is 2. The number of carboxylic acid groups (broad SMARTS) is 1. The first kappa shape index (κ1) is 17.2. The van der Waals surface area contributed by atoms with Gasteiger partial charge in [-0.2, -0.15) is 0 Å². The van der Waals surface area contributed by atoms with Crippen LogP contribution < -0.4 is 0 Å². The normalized spacial score (nSPS) is 17.6. The molecule has 8 nitrogen and oxygen atoms in total. The predicted octanol–water partition coefficient (Wildman–Crippen LogP) is 0.167. The number of esters is 1. The van der Waals surface area contributed by atoms with E-state index in [1.165, 1.54) is 16.9 Å². The van der Waals surface area contributed by atoms with Crippen molar-refractivity contribution in [3.63, 3.8) is 0 Å². The number of urea groups is 1. The van der Waals surface area contributed by atoms with E-state index < -0.39 is 24.0 Å². The van der Waals surface area contributed by atoms with E-state index in [9.17, 15) is 14.4 Å². The zero-order chi connectivity index (χ0) is 15.8. The maximum absolute atomic E-state index is 12.4. The number of rotatable bonds is 7. The van der Waals surface area contributed by atoms with Crippen LogP contribution in [0, 0.1) is 0 Å². The first-order valence-electron chi connectivity index (χ1n) is 6.94. The molecule has 2 amide bonds. The molecule has 0 unspecified atom stereocenters. The van der Waals surface area contributed by atoms with Gasteiger partial charge in [0.2, 0.25) is 0 Å². The van der Waals surface area contributed by atoms with Crippen molar-refractivity contribution in [1.82, 2.24) is 9.80 Å². The van der Waals surface area contributed by atoms with E-state index in [1.807, 2.05) is 0 Å². The second-order valence-corrected chi connectivity index (χ2v) is 4.69. The Kier molecular flexibility index (Phi) is 6.93. The fraction of sp³-hybridized carbons (Fsp3) is 0.769. The third-order valence-corrected chi connectivity index (χ3v) is 3.24. The topological polar surface area (TPSA) is 96.4 Å². The lowest BCUT2D eigenvalue weighted by Crippen LogP contribution is -2.50. The van der Waals surface area contributed by atoms with E-state index in [1.54, 1.807) is 6.92 Å². The molecule has 0 spiro atoms. The van der Waals surface area contributed by atoms with Gasteiger partial charge in [-0.25, -0.2) is 9.59 Å². The summed E-state index contributed by atoms with van der Waals surface area (Å²) in [7, 11) is 1.49. The van der Waals surface area contributed by atoms with Crippen LogP contribution in [0.2, 0.25) is 0 Å². The van der Waals surface area contributed by atoms with Crippen molar-refractivity contribution in [1.29, 1.82) is 0 Å². The van der Waals surface area contributed by atoms with Crippen molar-refractivity contribution in [2.75, 3.05) is 40.0 Å². The number of hydrogen-bond donors (Lipinski definition) is 1. The Hall–Kier alpha value is -1.83. The van der Waals surface area contributed by atoms with Crippen molar-refractivity contribution in [3.05, 3.63) is 0 Å². The molecule has 21 heavy (non-hydrogen) atoms. The molecule has 0 aromatic rings. The van der Waals surface area contributed by atoms with Gasteiger partial charge in [-0.15, -0.1) is 0 Å². The lowest BCUT2D eigenvalue weighted by Gasteiger charge is -2.29. The molecule has 1 heterocycles. The van der Waals surface area contributed by atoms with E-state index in [-0.39, 0.29) is 26.3 Å². The molecule has 1 aliphatic rings. The van der Waals surface area contributed by atoms with E-state index >= 15 is 0 Å². The molecule has 120 valence electrons. The second kappa shape index (κ2) is 8.46. The van der Waals surface area contributed by atoms with Gasteiger partial charge in [0.15, 0.2) is 0 Å². The van der Waals surface area contributed by atoms with Crippen LogP contribution in [0.1, 0.15) is 19.8 Å². The highest BCUT2D eigenvalue weighted by Gasteiger charge is 2.36. The molecule has 0 radical (unpaired) electrons. The molecule has 1 saturated heterocycles. The molecule has 1 aliphatic heterocycles. The predicted molar refractivity (Wildman–Crippen MR) is 72.8 cm³/mol. The van der Waals surface area contributed by atoms with Crippen LogP contribution in [0.15, 0.2) is 0 Å². The van der Waals surface area contributed by atoms with Gasteiger partial charge >= 0.3 is 18.0 Å². The number of carboxylic acids is 1. The van der Waals surface area contributed by atoms with Gasteiger partial charge in [-0.3, -0.25) is 4.79 Å². The Balaban J connectivity index is 2.73. The van der Waals surface area contributed by atoms with E-state index in [0.29, 0.717) is 19.4 Å². The Morgan fingerprint density at radius 1 is 1.38 bits per heavy atom. The van der Waals surface area contributed by atoms with Gasteiger partial charge in [-0.1, -0.05) is 0 Å². The Morgan fingerprint density at radius 2 is 2.10 bits per heavy atom. The standard InChI is InChI=1S/C13H22N2O6/c1-3-21-11(16)9-14(7-8-20-2)13(19)15-6-4-5-10(15)12(17)18/h10H,3-9H2,1-2H3,(H,17,18)/t10-/m1/s1. The summed E-state index contributed by atoms with van der Waals surface area (Å²) >= 11 is 0. The van der Waals surface area contributed by atoms with Crippen LogP contribution in [0.4, 0.5) is 4.79 Å². The first-order valence-corrected chi connectivity index (χ1v) is 6.94. The second-order valence-electron chi connectivity index (χ2n) is 4.69. The quantitative estimate of drug-likeness (QED) is 0.673. The van der Waals surface area contributed by atoms with Crippen LogP contribution in [-0.4, -0.2) is 78.9 Å². The number of carbonyl (C=O) groups is 3. The fourth-order valence-corrected chi connectivity index (χ4v) is 2.24. The summed E-state index contributed by atoms with van der Waals surface area (Å²) in [6.07, 6.45) is 1.07. The summed E-state index contributed by atoms with van der Waals surface area (Å²) < 4.78 is 9.75. The van der Waals surface area contributed by atoms with E-state index in [4.69, 9.17) is 14.6 Å². The minimum atomic E-state index is -1.02. The summed E-state index contributed by atoms with van der Waals surface area (Å²) in [4.78, 5) is 37.7. The zero-order valence-electron chi connectivity index (χ0n) is 12.4. The van der Waals surface area contributed by atoms with Crippen LogP contribution in [-0.2, 0) is 19.1 Å². The van der Waals surface area contributed by atoms with E-state index in [2.05, 4.69) is 0 Å². The summed E-state index contributed by atoms with van der Waals surface area (Å²) in [6, 6.07) is -1.30. The number of aliphatic carboxylic acids is 1. The van der Waals surface area contributed by atoms with Gasteiger partial charge in [0.05, 0.1) is 13.2 Å². The zero-order valence-corrected chi connectivity index (χ0v) is 12.4. The minimum Gasteiger partial charge on any atom is -0.480 e. The maximum Gasteiger partial charge on any atom is 0.326 e.